The van der Waals surface area contributed by atoms with Gasteiger partial charge in [0.1, 0.15) is 0 Å². The molecule has 0 aliphatic heterocycles. The van der Waals surface area contributed by atoms with Crippen molar-refractivity contribution in [3.63, 3.8) is 0 Å². The summed E-state index contributed by atoms with van der Waals surface area (Å²) in [6.45, 7) is 0. The van der Waals surface area contributed by atoms with Gasteiger partial charge in [0.25, 0.3) is 5.56 Å². The van der Waals surface area contributed by atoms with Gasteiger partial charge in [0, 0.05) is 23.3 Å². The number of nitrogens with two attached hydrogens (primary N) is 2. The van der Waals surface area contributed by atoms with Crippen molar-refractivity contribution < 1.29 is 0 Å². The molecule has 0 bridgehead atoms. The first-order valence-corrected chi connectivity index (χ1v) is 5.77. The molecule has 1 aromatic rings. The highest BCUT2D eigenvalue weighted by Crippen LogP contribution is 2.29. The van der Waals surface area contributed by atoms with Crippen molar-refractivity contribution in [2.24, 2.45) is 5.84 Å². The van der Waals surface area contributed by atoms with Gasteiger partial charge in [0.05, 0.1) is 0 Å². The number of nitrogens with one attached hydrogen (secondary N) is 1. The molecule has 1 atom stereocenters. The number of H-pyrrole nitrogens is 1. The molecule has 3 rings (SSSR count). The van der Waals surface area contributed by atoms with Crippen LogP contribution in [0, 0.1) is 0 Å². The SMILES string of the molecule is NN(C1CC1)C1CCc2[nH]n(N)c(=O)c2C1. The van der Waals surface area contributed by atoms with E-state index in [-0.39, 0.29) is 5.56 Å². The van der Waals surface area contributed by atoms with Crippen molar-refractivity contribution >= 4 is 0 Å². The quantitative estimate of drug-likeness (QED) is 0.447. The van der Waals surface area contributed by atoms with E-state index in [9.17, 15) is 4.79 Å². The Bertz CT molecular complexity index is 458. The second kappa shape index (κ2) is 3.36. The Balaban J connectivity index is 1.84. The Kier molecular flexibility index (Phi) is 2.08. The van der Waals surface area contributed by atoms with Crippen LogP contribution in [0.15, 0.2) is 4.79 Å². The molecule has 0 amide bonds. The maximum absolute atomic E-state index is 11.7. The summed E-state index contributed by atoms with van der Waals surface area (Å²) in [4.78, 5) is 12.8. The Hall–Kier alpha value is -1.27. The maximum Gasteiger partial charge on any atom is 0.288 e. The Morgan fingerprint density at radius 1 is 1.31 bits per heavy atom. The number of hydrogen-bond acceptors (Lipinski definition) is 4. The van der Waals surface area contributed by atoms with Gasteiger partial charge in [-0.1, -0.05) is 0 Å². The molecule has 2 aliphatic carbocycles. The molecular weight excluding hydrogens is 206 g/mol. The molecule has 1 saturated carbocycles. The number of fused-ring (bicyclic) bond motifs is 1. The molecule has 16 heavy (non-hydrogen) atoms. The third-order valence-corrected chi connectivity index (χ3v) is 3.65. The van der Waals surface area contributed by atoms with Crippen LogP contribution in [0.1, 0.15) is 30.5 Å². The summed E-state index contributed by atoms with van der Waals surface area (Å²) < 4.78 is 0. The van der Waals surface area contributed by atoms with Gasteiger partial charge in [-0.3, -0.25) is 15.7 Å². The van der Waals surface area contributed by atoms with Gasteiger partial charge in [-0.25, -0.2) is 5.01 Å². The molecule has 88 valence electrons. The van der Waals surface area contributed by atoms with Crippen molar-refractivity contribution in [3.05, 3.63) is 21.6 Å². The first-order valence-electron chi connectivity index (χ1n) is 5.77. The van der Waals surface area contributed by atoms with E-state index >= 15 is 0 Å². The molecule has 1 unspecified atom stereocenters. The van der Waals surface area contributed by atoms with Crippen LogP contribution >= 0.6 is 0 Å². The lowest BCUT2D eigenvalue weighted by atomic mass is 9.93. The Morgan fingerprint density at radius 2 is 2.06 bits per heavy atom. The van der Waals surface area contributed by atoms with Crippen LogP contribution in [-0.4, -0.2) is 27.0 Å². The molecule has 6 nitrogen and oxygen atoms in total. The van der Waals surface area contributed by atoms with Crippen molar-refractivity contribution in [2.75, 3.05) is 5.84 Å². The lowest BCUT2D eigenvalue weighted by Gasteiger charge is -2.29. The smallest absolute Gasteiger partial charge is 0.288 e. The average Bonchev–Trinajstić information content (AvgIpc) is 3.07. The van der Waals surface area contributed by atoms with Gasteiger partial charge < -0.3 is 5.84 Å². The van der Waals surface area contributed by atoms with E-state index in [2.05, 4.69) is 5.10 Å². The zero-order valence-electron chi connectivity index (χ0n) is 9.15. The zero-order valence-corrected chi connectivity index (χ0v) is 9.15. The summed E-state index contributed by atoms with van der Waals surface area (Å²) in [6, 6.07) is 0.828. The van der Waals surface area contributed by atoms with Gasteiger partial charge in [-0.2, -0.15) is 4.79 Å². The van der Waals surface area contributed by atoms with Gasteiger partial charge in [0.15, 0.2) is 0 Å². The summed E-state index contributed by atoms with van der Waals surface area (Å²) in [6.07, 6.45) is 4.96. The number of aromatic amines is 1. The second-order valence-corrected chi connectivity index (χ2v) is 4.82. The van der Waals surface area contributed by atoms with Crippen LogP contribution in [0.5, 0.6) is 0 Å². The largest absolute Gasteiger partial charge is 0.321 e. The molecule has 6 heteroatoms. The molecule has 1 fully saturated rings. The van der Waals surface area contributed by atoms with Crippen molar-refractivity contribution in [2.45, 2.75) is 44.2 Å². The normalized spacial score (nSPS) is 24.8. The van der Waals surface area contributed by atoms with Gasteiger partial charge >= 0.3 is 0 Å². The van der Waals surface area contributed by atoms with Crippen LogP contribution in [0.25, 0.3) is 0 Å². The zero-order chi connectivity index (χ0) is 11.3. The monoisotopic (exact) mass is 223 g/mol. The third kappa shape index (κ3) is 1.45. The van der Waals surface area contributed by atoms with E-state index in [0.717, 1.165) is 35.3 Å². The molecule has 0 spiro atoms. The topological polar surface area (TPSA) is 93.1 Å². The number of rotatable bonds is 2. The van der Waals surface area contributed by atoms with Gasteiger partial charge in [-0.05, 0) is 32.1 Å². The van der Waals surface area contributed by atoms with Crippen molar-refractivity contribution in [1.82, 2.24) is 14.9 Å². The lowest BCUT2D eigenvalue weighted by molar-refractivity contribution is 0.173. The molecule has 0 saturated heterocycles. The molecule has 2 aliphatic rings. The number of aromatic nitrogens is 2. The van der Waals surface area contributed by atoms with Crippen LogP contribution in [-0.2, 0) is 12.8 Å². The number of hydrazine groups is 1. The summed E-state index contributed by atoms with van der Waals surface area (Å²) in [5.41, 5.74) is 1.69. The number of nitrogen functional groups attached to an aromatic ring is 1. The van der Waals surface area contributed by atoms with E-state index < -0.39 is 0 Å². The van der Waals surface area contributed by atoms with Gasteiger partial charge in [-0.15, -0.1) is 0 Å². The highest BCUT2D eigenvalue weighted by Gasteiger charge is 2.34. The molecule has 5 N–H and O–H groups in total. The Morgan fingerprint density at radius 3 is 2.75 bits per heavy atom. The Labute approximate surface area is 93.1 Å². The number of nitrogens with zero attached hydrogens (tertiary/aromatic N) is 2. The first-order chi connectivity index (χ1) is 7.66. The summed E-state index contributed by atoms with van der Waals surface area (Å²) in [5, 5.41) is 4.83. The average molecular weight is 223 g/mol. The van der Waals surface area contributed by atoms with Crippen molar-refractivity contribution in [3.8, 4) is 0 Å². The predicted molar refractivity (Wildman–Crippen MR) is 60.1 cm³/mol. The number of hydrogen-bond donors (Lipinski definition) is 3. The summed E-state index contributed by atoms with van der Waals surface area (Å²) in [5.74, 6) is 11.6. The third-order valence-electron chi connectivity index (χ3n) is 3.65. The fourth-order valence-electron chi connectivity index (χ4n) is 2.53. The fourth-order valence-corrected chi connectivity index (χ4v) is 2.53. The molecular formula is C10H17N5O. The summed E-state index contributed by atoms with van der Waals surface area (Å²) in [7, 11) is 0. The van der Waals surface area contributed by atoms with E-state index in [0.29, 0.717) is 12.1 Å². The second-order valence-electron chi connectivity index (χ2n) is 4.82. The van der Waals surface area contributed by atoms with E-state index in [4.69, 9.17) is 11.7 Å². The maximum atomic E-state index is 11.7. The van der Waals surface area contributed by atoms with E-state index in [1.165, 1.54) is 12.8 Å². The summed E-state index contributed by atoms with van der Waals surface area (Å²) >= 11 is 0. The highest BCUT2D eigenvalue weighted by atomic mass is 16.1. The van der Waals surface area contributed by atoms with Gasteiger partial charge in [0.2, 0.25) is 0 Å². The minimum Gasteiger partial charge on any atom is -0.321 e. The van der Waals surface area contributed by atoms with Crippen LogP contribution in [0.2, 0.25) is 0 Å². The highest BCUT2D eigenvalue weighted by molar-refractivity contribution is 5.22. The number of aryl methyl sites for hydroxylation is 1. The first kappa shape index (κ1) is 9.92. The van der Waals surface area contributed by atoms with Crippen molar-refractivity contribution in [1.29, 1.82) is 0 Å². The fraction of sp³-hybridized carbons (Fsp3) is 0.700. The lowest BCUT2D eigenvalue weighted by Crippen LogP contribution is -2.46. The minimum absolute atomic E-state index is 0.108. The predicted octanol–water partition coefficient (Wildman–Crippen LogP) is -0.914. The molecule has 1 aromatic heterocycles. The molecule has 1 heterocycles. The standard InChI is InChI=1S/C10H17N5O/c11-14(6-1-2-6)7-3-4-9-8(5-7)10(16)15(12)13-9/h6-7,13H,1-5,11-12H2. The van der Waals surface area contributed by atoms with Crippen LogP contribution < -0.4 is 17.2 Å². The van der Waals surface area contributed by atoms with Crippen LogP contribution in [0.3, 0.4) is 0 Å². The molecule has 0 radical (unpaired) electrons. The van der Waals surface area contributed by atoms with Crippen LogP contribution in [0.4, 0.5) is 0 Å². The minimum atomic E-state index is -0.108. The molecule has 0 aromatic carbocycles. The van der Waals surface area contributed by atoms with E-state index in [1.54, 1.807) is 0 Å². The van der Waals surface area contributed by atoms with E-state index in [1.807, 2.05) is 5.01 Å².